The largest absolute Gasteiger partial charge is 0.466 e. The Labute approximate surface area is 77.4 Å². The van der Waals surface area contributed by atoms with Crippen molar-refractivity contribution in [3.8, 4) is 0 Å². The van der Waals surface area contributed by atoms with Gasteiger partial charge in [0.1, 0.15) is 0 Å². The van der Waals surface area contributed by atoms with E-state index in [0.717, 1.165) is 0 Å². The molecule has 0 aromatic heterocycles. The van der Waals surface area contributed by atoms with Crippen LogP contribution in [0.4, 0.5) is 0 Å². The van der Waals surface area contributed by atoms with Crippen LogP contribution in [0.15, 0.2) is 0 Å². The summed E-state index contributed by atoms with van der Waals surface area (Å²) in [5.74, 6) is -1.40. The van der Waals surface area contributed by atoms with Crippen LogP contribution >= 0.6 is 0 Å². The summed E-state index contributed by atoms with van der Waals surface area (Å²) in [6.45, 7) is 3.64. The average Bonchev–Trinajstić information content (AvgIpc) is 2.02. The molecule has 0 rings (SSSR count). The van der Waals surface area contributed by atoms with Gasteiger partial charge in [0.05, 0.1) is 12.5 Å². The fourth-order valence-corrected chi connectivity index (χ4v) is 0.858. The molecule has 0 saturated heterocycles. The van der Waals surface area contributed by atoms with Crippen LogP contribution in [0, 0.1) is 5.92 Å². The van der Waals surface area contributed by atoms with Gasteiger partial charge in [-0.05, 0) is 6.92 Å². The molecule has 2 unspecified atom stereocenters. The molecule has 0 saturated carbocycles. The lowest BCUT2D eigenvalue weighted by atomic mass is 10.00. The highest BCUT2D eigenvalue weighted by Gasteiger charge is 2.22. The van der Waals surface area contributed by atoms with E-state index in [1.807, 2.05) is 0 Å². The highest BCUT2D eigenvalue weighted by molar-refractivity contribution is 5.77. The predicted octanol–water partition coefficient (Wildman–Crippen LogP) is -0.612. The molecule has 2 atom stereocenters. The minimum Gasteiger partial charge on any atom is -0.466 e. The van der Waals surface area contributed by atoms with Gasteiger partial charge < -0.3 is 16.2 Å². The summed E-state index contributed by atoms with van der Waals surface area (Å²) in [7, 11) is 0. The molecule has 0 aromatic rings. The van der Waals surface area contributed by atoms with Crippen LogP contribution in [0.2, 0.25) is 0 Å². The molecule has 0 aliphatic rings. The summed E-state index contributed by atoms with van der Waals surface area (Å²) in [4.78, 5) is 21.6. The first-order chi connectivity index (χ1) is 5.99. The van der Waals surface area contributed by atoms with Gasteiger partial charge in [-0.15, -0.1) is 0 Å². The van der Waals surface area contributed by atoms with Crippen molar-refractivity contribution in [2.75, 3.05) is 6.61 Å². The van der Waals surface area contributed by atoms with Crippen molar-refractivity contribution >= 4 is 11.9 Å². The van der Waals surface area contributed by atoms with Crippen LogP contribution in [0.25, 0.3) is 0 Å². The quantitative estimate of drug-likeness (QED) is 0.562. The number of primary amides is 1. The van der Waals surface area contributed by atoms with E-state index in [0.29, 0.717) is 6.61 Å². The molecular formula is C8H16N2O3. The van der Waals surface area contributed by atoms with E-state index < -0.39 is 23.8 Å². The Morgan fingerprint density at radius 2 is 2.00 bits per heavy atom. The van der Waals surface area contributed by atoms with Gasteiger partial charge in [-0.3, -0.25) is 9.59 Å². The van der Waals surface area contributed by atoms with Crippen molar-refractivity contribution in [1.29, 1.82) is 0 Å². The smallest absolute Gasteiger partial charge is 0.310 e. The molecule has 0 radical (unpaired) electrons. The highest BCUT2D eigenvalue weighted by atomic mass is 16.5. The van der Waals surface area contributed by atoms with Crippen molar-refractivity contribution in [2.45, 2.75) is 26.3 Å². The number of hydrogen-bond donors (Lipinski definition) is 2. The summed E-state index contributed by atoms with van der Waals surface area (Å²) < 4.78 is 4.74. The van der Waals surface area contributed by atoms with E-state index in [9.17, 15) is 9.59 Å². The molecule has 0 heterocycles. The average molecular weight is 188 g/mol. The second-order valence-corrected chi connectivity index (χ2v) is 2.88. The zero-order valence-corrected chi connectivity index (χ0v) is 7.95. The molecule has 13 heavy (non-hydrogen) atoms. The minimum atomic E-state index is -0.559. The second-order valence-electron chi connectivity index (χ2n) is 2.88. The third kappa shape index (κ3) is 4.47. The summed E-state index contributed by atoms with van der Waals surface area (Å²) >= 11 is 0. The van der Waals surface area contributed by atoms with Crippen molar-refractivity contribution in [3.63, 3.8) is 0 Å². The number of rotatable bonds is 5. The van der Waals surface area contributed by atoms with Crippen molar-refractivity contribution in [2.24, 2.45) is 17.4 Å². The molecule has 0 aromatic carbocycles. The summed E-state index contributed by atoms with van der Waals surface area (Å²) in [6, 6.07) is -0.559. The number of carbonyl (C=O) groups is 2. The van der Waals surface area contributed by atoms with Crippen LogP contribution < -0.4 is 11.5 Å². The lowest BCUT2D eigenvalue weighted by Gasteiger charge is -2.16. The molecule has 0 spiro atoms. The Hall–Kier alpha value is -1.10. The molecule has 5 heteroatoms. The fourth-order valence-electron chi connectivity index (χ4n) is 0.858. The maximum atomic E-state index is 11.1. The molecule has 76 valence electrons. The Balaban J connectivity index is 4.00. The summed E-state index contributed by atoms with van der Waals surface area (Å²) in [5.41, 5.74) is 10.5. The SMILES string of the molecule is CCOC(=O)C(C)C(N)CC(N)=O. The Bertz CT molecular complexity index is 194. The van der Waals surface area contributed by atoms with Crippen LogP contribution in [0.5, 0.6) is 0 Å². The van der Waals surface area contributed by atoms with E-state index in [1.54, 1.807) is 13.8 Å². The van der Waals surface area contributed by atoms with Crippen LogP contribution in [0.1, 0.15) is 20.3 Å². The van der Waals surface area contributed by atoms with Crippen LogP contribution in [0.3, 0.4) is 0 Å². The lowest BCUT2D eigenvalue weighted by molar-refractivity contribution is -0.148. The number of carbonyl (C=O) groups excluding carboxylic acids is 2. The van der Waals surface area contributed by atoms with Gasteiger partial charge in [-0.2, -0.15) is 0 Å². The van der Waals surface area contributed by atoms with Crippen molar-refractivity contribution in [3.05, 3.63) is 0 Å². The number of hydrogen-bond acceptors (Lipinski definition) is 4. The van der Waals surface area contributed by atoms with Gasteiger partial charge in [0, 0.05) is 12.5 Å². The molecule has 0 aliphatic carbocycles. The van der Waals surface area contributed by atoms with E-state index in [1.165, 1.54) is 0 Å². The van der Waals surface area contributed by atoms with Gasteiger partial charge in [-0.1, -0.05) is 6.92 Å². The van der Waals surface area contributed by atoms with Crippen LogP contribution in [-0.2, 0) is 14.3 Å². The van der Waals surface area contributed by atoms with Gasteiger partial charge in [0.2, 0.25) is 5.91 Å². The minimum absolute atomic E-state index is 0.0000189. The zero-order valence-electron chi connectivity index (χ0n) is 7.95. The van der Waals surface area contributed by atoms with E-state index in [-0.39, 0.29) is 6.42 Å². The van der Waals surface area contributed by atoms with E-state index in [2.05, 4.69) is 0 Å². The molecule has 0 bridgehead atoms. The molecule has 0 aliphatic heterocycles. The lowest BCUT2D eigenvalue weighted by Crippen LogP contribution is -2.38. The Morgan fingerprint density at radius 3 is 2.38 bits per heavy atom. The summed E-state index contributed by atoms with van der Waals surface area (Å²) in [5, 5.41) is 0. The standard InChI is InChI=1S/C8H16N2O3/c1-3-13-8(12)5(2)6(9)4-7(10)11/h5-6H,3-4,9H2,1-2H3,(H2,10,11). The Kier molecular flexibility index (Phi) is 5.06. The third-order valence-corrected chi connectivity index (χ3v) is 1.74. The predicted molar refractivity (Wildman–Crippen MR) is 47.6 cm³/mol. The molecule has 5 nitrogen and oxygen atoms in total. The van der Waals surface area contributed by atoms with Crippen molar-refractivity contribution in [1.82, 2.24) is 0 Å². The molecule has 1 amide bonds. The fraction of sp³-hybridized carbons (Fsp3) is 0.750. The maximum absolute atomic E-state index is 11.1. The number of nitrogens with two attached hydrogens (primary N) is 2. The number of esters is 1. The first-order valence-electron chi connectivity index (χ1n) is 4.19. The number of ether oxygens (including phenoxy) is 1. The maximum Gasteiger partial charge on any atom is 0.310 e. The molecule has 4 N–H and O–H groups in total. The molecular weight excluding hydrogens is 172 g/mol. The second kappa shape index (κ2) is 5.53. The first kappa shape index (κ1) is 11.9. The van der Waals surface area contributed by atoms with Gasteiger partial charge in [0.15, 0.2) is 0 Å². The topological polar surface area (TPSA) is 95.4 Å². The molecule has 0 fully saturated rings. The van der Waals surface area contributed by atoms with Gasteiger partial charge >= 0.3 is 5.97 Å². The van der Waals surface area contributed by atoms with Gasteiger partial charge in [-0.25, -0.2) is 0 Å². The monoisotopic (exact) mass is 188 g/mol. The number of amides is 1. The Morgan fingerprint density at radius 1 is 1.46 bits per heavy atom. The first-order valence-corrected chi connectivity index (χ1v) is 4.19. The van der Waals surface area contributed by atoms with E-state index in [4.69, 9.17) is 16.2 Å². The highest BCUT2D eigenvalue weighted by Crippen LogP contribution is 2.06. The van der Waals surface area contributed by atoms with Gasteiger partial charge in [0.25, 0.3) is 0 Å². The zero-order chi connectivity index (χ0) is 10.4. The summed E-state index contributed by atoms with van der Waals surface area (Å²) in [6.07, 6.45) is -0.0000189. The van der Waals surface area contributed by atoms with E-state index >= 15 is 0 Å². The van der Waals surface area contributed by atoms with Crippen LogP contribution in [-0.4, -0.2) is 24.5 Å². The normalized spacial score (nSPS) is 14.7. The third-order valence-electron chi connectivity index (χ3n) is 1.74. The van der Waals surface area contributed by atoms with Crippen molar-refractivity contribution < 1.29 is 14.3 Å².